The van der Waals surface area contributed by atoms with E-state index >= 15 is 0 Å². The highest BCUT2D eigenvalue weighted by molar-refractivity contribution is 7.11. The van der Waals surface area contributed by atoms with E-state index in [1.165, 1.54) is 0 Å². The van der Waals surface area contributed by atoms with Gasteiger partial charge in [0.1, 0.15) is 0 Å². The number of aliphatic carboxylic acids is 1. The Morgan fingerprint density at radius 2 is 1.83 bits per heavy atom. The van der Waals surface area contributed by atoms with Gasteiger partial charge in [-0.3, -0.25) is 0 Å². The van der Waals surface area contributed by atoms with E-state index in [-0.39, 0.29) is 0 Å². The topological polar surface area (TPSA) is 37.3 Å². The van der Waals surface area contributed by atoms with E-state index in [0.717, 1.165) is 21.6 Å². The number of benzene rings is 1. The van der Waals surface area contributed by atoms with Gasteiger partial charge in [0.25, 0.3) is 0 Å². The lowest BCUT2D eigenvalue weighted by molar-refractivity contribution is -0.130. The molecule has 0 saturated carbocycles. The van der Waals surface area contributed by atoms with Crippen LogP contribution in [0.4, 0.5) is 0 Å². The number of carboxylic acids is 1. The second-order valence-corrected chi connectivity index (χ2v) is 5.14. The molecule has 1 N–H and O–H groups in total. The van der Waals surface area contributed by atoms with E-state index in [2.05, 4.69) is 0 Å². The molecule has 0 amide bonds. The fourth-order valence-corrected chi connectivity index (χ4v) is 2.52. The lowest BCUT2D eigenvalue weighted by Gasteiger charge is -2.03. The molecule has 0 aliphatic rings. The maximum Gasteiger partial charge on any atom is 0.336 e. The first-order valence-electron chi connectivity index (χ1n) is 5.64. The van der Waals surface area contributed by atoms with Crippen LogP contribution >= 0.6 is 11.3 Å². The number of hydrogen-bond donors (Lipinski definition) is 1. The fourth-order valence-electron chi connectivity index (χ4n) is 1.67. The summed E-state index contributed by atoms with van der Waals surface area (Å²) < 4.78 is 0. The summed E-state index contributed by atoms with van der Waals surface area (Å²) in [5, 5.41) is 11.3. The van der Waals surface area contributed by atoms with Crippen LogP contribution in [0.3, 0.4) is 0 Å². The van der Waals surface area contributed by atoms with Crippen molar-refractivity contribution in [2.45, 2.75) is 13.8 Å². The molecule has 0 saturated heterocycles. The summed E-state index contributed by atoms with van der Waals surface area (Å²) in [5.41, 5.74) is 3.29. The molecule has 0 aliphatic carbocycles. The van der Waals surface area contributed by atoms with Crippen molar-refractivity contribution in [3.05, 3.63) is 57.3 Å². The third-order valence-electron chi connectivity index (χ3n) is 2.77. The Kier molecular flexibility index (Phi) is 3.63. The second-order valence-electron chi connectivity index (χ2n) is 4.20. The van der Waals surface area contributed by atoms with Gasteiger partial charge in [-0.15, -0.1) is 11.3 Å². The molecule has 0 radical (unpaired) electrons. The van der Waals surface area contributed by atoms with Gasteiger partial charge in [0.05, 0.1) is 5.57 Å². The van der Waals surface area contributed by atoms with E-state index in [4.69, 9.17) is 0 Å². The van der Waals surface area contributed by atoms with Crippen molar-refractivity contribution in [2.75, 3.05) is 0 Å². The first-order chi connectivity index (χ1) is 8.58. The van der Waals surface area contributed by atoms with Crippen molar-refractivity contribution in [3.63, 3.8) is 0 Å². The van der Waals surface area contributed by atoms with Crippen LogP contribution in [0.15, 0.2) is 35.7 Å². The minimum Gasteiger partial charge on any atom is -0.478 e. The van der Waals surface area contributed by atoms with Gasteiger partial charge >= 0.3 is 5.97 Å². The zero-order valence-electron chi connectivity index (χ0n) is 10.3. The van der Waals surface area contributed by atoms with E-state index in [9.17, 15) is 9.90 Å². The van der Waals surface area contributed by atoms with Crippen LogP contribution in [0.1, 0.15) is 21.6 Å². The smallest absolute Gasteiger partial charge is 0.336 e. The quantitative estimate of drug-likeness (QED) is 0.845. The molecule has 0 unspecified atom stereocenters. The molecule has 2 aromatic rings. The number of hydrogen-bond acceptors (Lipinski definition) is 2. The third kappa shape index (κ3) is 2.68. The molecule has 1 heterocycles. The van der Waals surface area contributed by atoms with Gasteiger partial charge in [0, 0.05) is 4.88 Å². The summed E-state index contributed by atoms with van der Waals surface area (Å²) in [6, 6.07) is 9.53. The third-order valence-corrected chi connectivity index (χ3v) is 3.74. The van der Waals surface area contributed by atoms with Gasteiger partial charge < -0.3 is 5.11 Å². The number of aryl methyl sites for hydroxylation is 2. The van der Waals surface area contributed by atoms with Crippen molar-refractivity contribution >= 4 is 29.0 Å². The van der Waals surface area contributed by atoms with Crippen LogP contribution in [-0.4, -0.2) is 11.1 Å². The maximum atomic E-state index is 11.4. The van der Waals surface area contributed by atoms with Crippen LogP contribution in [0.25, 0.3) is 11.6 Å². The molecule has 0 fully saturated rings. The van der Waals surface area contributed by atoms with Gasteiger partial charge in [0.2, 0.25) is 0 Å². The molecule has 0 bridgehead atoms. The summed E-state index contributed by atoms with van der Waals surface area (Å²) in [5.74, 6) is -0.897. The summed E-state index contributed by atoms with van der Waals surface area (Å²) >= 11 is 1.55. The Morgan fingerprint density at radius 1 is 1.17 bits per heavy atom. The van der Waals surface area contributed by atoms with Crippen LogP contribution < -0.4 is 0 Å². The normalized spacial score (nSPS) is 11.6. The Hall–Kier alpha value is -1.87. The summed E-state index contributed by atoms with van der Waals surface area (Å²) in [7, 11) is 0. The van der Waals surface area contributed by atoms with E-state index in [1.807, 2.05) is 49.6 Å². The van der Waals surface area contributed by atoms with Crippen LogP contribution in [0.5, 0.6) is 0 Å². The molecule has 0 atom stereocenters. The molecule has 3 heteroatoms. The van der Waals surface area contributed by atoms with E-state index in [1.54, 1.807) is 17.4 Å². The second kappa shape index (κ2) is 5.19. The molecule has 2 rings (SSSR count). The predicted molar refractivity (Wildman–Crippen MR) is 75.7 cm³/mol. The molecular formula is C15H14O2S. The average molecular weight is 258 g/mol. The number of carboxylic acid groups (broad SMARTS) is 1. The first-order valence-corrected chi connectivity index (χ1v) is 6.52. The Bertz CT molecular complexity index is 591. The van der Waals surface area contributed by atoms with Crippen molar-refractivity contribution in [3.8, 4) is 0 Å². The first kappa shape index (κ1) is 12.6. The molecule has 1 aromatic heterocycles. The van der Waals surface area contributed by atoms with Gasteiger partial charge in [-0.2, -0.15) is 0 Å². The lowest BCUT2D eigenvalue weighted by Crippen LogP contribution is -1.99. The highest BCUT2D eigenvalue weighted by Crippen LogP contribution is 2.24. The molecule has 92 valence electrons. The van der Waals surface area contributed by atoms with Gasteiger partial charge in [-0.1, -0.05) is 29.8 Å². The number of rotatable bonds is 3. The molecule has 0 spiro atoms. The Balaban J connectivity index is 2.47. The molecule has 1 aromatic carbocycles. The largest absolute Gasteiger partial charge is 0.478 e. The summed E-state index contributed by atoms with van der Waals surface area (Å²) in [6.45, 7) is 3.97. The number of carbonyl (C=O) groups is 1. The highest BCUT2D eigenvalue weighted by atomic mass is 32.1. The van der Waals surface area contributed by atoms with Gasteiger partial charge in [-0.05, 0) is 42.5 Å². The monoisotopic (exact) mass is 258 g/mol. The van der Waals surface area contributed by atoms with Crippen LogP contribution in [0, 0.1) is 13.8 Å². The predicted octanol–water partition coefficient (Wildman–Crippen LogP) is 3.99. The number of thiophene rings is 1. The lowest BCUT2D eigenvalue weighted by atomic mass is 10.0. The van der Waals surface area contributed by atoms with Gasteiger partial charge in [0.15, 0.2) is 0 Å². The van der Waals surface area contributed by atoms with Crippen LogP contribution in [0.2, 0.25) is 0 Å². The van der Waals surface area contributed by atoms with Crippen molar-refractivity contribution < 1.29 is 9.90 Å². The Labute approximate surface area is 110 Å². The molecule has 18 heavy (non-hydrogen) atoms. The zero-order chi connectivity index (χ0) is 13.1. The maximum absolute atomic E-state index is 11.4. The summed E-state index contributed by atoms with van der Waals surface area (Å²) in [4.78, 5) is 12.4. The van der Waals surface area contributed by atoms with E-state index in [0.29, 0.717) is 5.57 Å². The zero-order valence-corrected chi connectivity index (χ0v) is 11.1. The minimum absolute atomic E-state index is 0.334. The average Bonchev–Trinajstić information content (AvgIpc) is 2.73. The molecule has 0 aliphatic heterocycles. The summed E-state index contributed by atoms with van der Waals surface area (Å²) in [6.07, 6.45) is 1.74. The van der Waals surface area contributed by atoms with Crippen molar-refractivity contribution in [1.82, 2.24) is 0 Å². The molecule has 2 nitrogen and oxygen atoms in total. The van der Waals surface area contributed by atoms with Gasteiger partial charge in [-0.25, -0.2) is 4.79 Å². The Morgan fingerprint density at radius 3 is 2.33 bits per heavy atom. The van der Waals surface area contributed by atoms with E-state index < -0.39 is 5.97 Å². The standard InChI is InChI=1S/C15H14O2S/c1-10-3-5-12(6-4-10)13(15(16)17)9-14-11(2)7-8-18-14/h3-9H,1-2H3,(H,16,17)/b13-9-. The van der Waals surface area contributed by atoms with Crippen molar-refractivity contribution in [1.29, 1.82) is 0 Å². The molecular weight excluding hydrogens is 244 g/mol. The SMILES string of the molecule is Cc1ccc(/C(=C/c2sccc2C)C(=O)O)cc1. The van der Waals surface area contributed by atoms with Crippen LogP contribution in [-0.2, 0) is 4.79 Å². The van der Waals surface area contributed by atoms with Crippen molar-refractivity contribution in [2.24, 2.45) is 0 Å². The minimum atomic E-state index is -0.897. The fraction of sp³-hybridized carbons (Fsp3) is 0.133. The highest BCUT2D eigenvalue weighted by Gasteiger charge is 2.11.